The average molecular weight is 439 g/mol. The number of carbonyl (C=O) groups is 1. The molecule has 0 radical (unpaired) electrons. The number of nitrogens with zero attached hydrogens (tertiary/aromatic N) is 1. The highest BCUT2D eigenvalue weighted by Gasteiger charge is 2.14. The minimum atomic E-state index is -0.386. The van der Waals surface area contributed by atoms with E-state index in [-0.39, 0.29) is 17.5 Å². The Morgan fingerprint density at radius 1 is 0.967 bits per heavy atom. The third-order valence-corrected chi connectivity index (χ3v) is 5.00. The molecule has 0 aliphatic heterocycles. The fraction of sp³-hybridized carbons (Fsp3) is 0.0435. The summed E-state index contributed by atoms with van der Waals surface area (Å²) in [4.78, 5) is 16.7. The molecule has 4 aromatic rings. The average Bonchev–Trinajstić information content (AvgIpc) is 3.26. The third-order valence-electron chi connectivity index (χ3n) is 4.26. The van der Waals surface area contributed by atoms with E-state index in [0.29, 0.717) is 33.7 Å². The topological polar surface area (TPSA) is 64.4 Å². The molecular weight excluding hydrogens is 423 g/mol. The minimum absolute atomic E-state index is 0.153. The van der Waals surface area contributed by atoms with Crippen LogP contribution in [0.4, 0.5) is 5.69 Å². The van der Waals surface area contributed by atoms with E-state index in [2.05, 4.69) is 10.3 Å². The van der Waals surface area contributed by atoms with Crippen LogP contribution in [0.15, 0.2) is 83.5 Å². The molecule has 3 aromatic carbocycles. The number of hydrogen-bond donors (Lipinski definition) is 1. The van der Waals surface area contributed by atoms with Crippen LogP contribution in [0.1, 0.15) is 16.1 Å². The van der Waals surface area contributed by atoms with E-state index >= 15 is 0 Å². The molecule has 0 saturated carbocycles. The maximum absolute atomic E-state index is 12.5. The Hall–Kier alpha value is -3.28. The van der Waals surface area contributed by atoms with Crippen molar-refractivity contribution in [2.24, 2.45) is 0 Å². The van der Waals surface area contributed by atoms with Crippen LogP contribution in [0.25, 0.3) is 11.5 Å². The number of anilines is 1. The van der Waals surface area contributed by atoms with Gasteiger partial charge in [0.1, 0.15) is 18.6 Å². The van der Waals surface area contributed by atoms with Gasteiger partial charge in [-0.1, -0.05) is 53.5 Å². The number of ether oxygens (including phenoxy) is 1. The predicted octanol–water partition coefficient (Wildman–Crippen LogP) is 6.48. The summed E-state index contributed by atoms with van der Waals surface area (Å²) >= 11 is 11.9. The smallest absolute Gasteiger partial charge is 0.277 e. The first-order valence-electron chi connectivity index (χ1n) is 9.07. The highest BCUT2D eigenvalue weighted by atomic mass is 35.5. The highest BCUT2D eigenvalue weighted by Crippen LogP contribution is 2.28. The number of halogens is 2. The molecule has 0 bridgehead atoms. The molecule has 0 unspecified atom stereocenters. The lowest BCUT2D eigenvalue weighted by Crippen LogP contribution is -2.12. The van der Waals surface area contributed by atoms with Crippen molar-refractivity contribution in [2.45, 2.75) is 6.61 Å². The number of oxazole rings is 1. The van der Waals surface area contributed by atoms with E-state index in [0.717, 1.165) is 5.56 Å². The summed E-state index contributed by atoms with van der Waals surface area (Å²) in [6.07, 6.45) is 1.30. The Kier molecular flexibility index (Phi) is 6.02. The van der Waals surface area contributed by atoms with Gasteiger partial charge in [-0.2, -0.15) is 0 Å². The molecule has 0 fully saturated rings. The fourth-order valence-corrected chi connectivity index (χ4v) is 3.01. The summed E-state index contributed by atoms with van der Waals surface area (Å²) < 4.78 is 11.2. The van der Waals surface area contributed by atoms with Crippen LogP contribution in [0.5, 0.6) is 5.75 Å². The van der Waals surface area contributed by atoms with Gasteiger partial charge in [0.25, 0.3) is 5.91 Å². The van der Waals surface area contributed by atoms with Crippen molar-refractivity contribution in [3.63, 3.8) is 0 Å². The van der Waals surface area contributed by atoms with Crippen molar-refractivity contribution in [1.82, 2.24) is 4.98 Å². The maximum atomic E-state index is 12.5. The Balaban J connectivity index is 1.38. The second kappa shape index (κ2) is 9.03. The standard InChI is InChI=1S/C23H16Cl2N2O3/c24-19-11-6-16(12-20(19)25)23-27-21(14-30-23)22(28)26-17-7-9-18(10-8-17)29-13-15-4-2-1-3-5-15/h1-12,14H,13H2,(H,26,28). The van der Waals surface area contributed by atoms with Gasteiger partial charge in [-0.25, -0.2) is 4.98 Å². The molecule has 7 heteroatoms. The Morgan fingerprint density at radius 3 is 2.47 bits per heavy atom. The fourth-order valence-electron chi connectivity index (χ4n) is 2.71. The highest BCUT2D eigenvalue weighted by molar-refractivity contribution is 6.42. The van der Waals surface area contributed by atoms with Gasteiger partial charge in [0.2, 0.25) is 5.89 Å². The van der Waals surface area contributed by atoms with Crippen molar-refractivity contribution in [3.05, 3.63) is 100 Å². The first-order chi connectivity index (χ1) is 14.6. The van der Waals surface area contributed by atoms with Crippen molar-refractivity contribution in [3.8, 4) is 17.2 Å². The monoisotopic (exact) mass is 438 g/mol. The molecule has 0 saturated heterocycles. The maximum Gasteiger partial charge on any atom is 0.277 e. The van der Waals surface area contributed by atoms with Gasteiger partial charge in [0.15, 0.2) is 5.69 Å². The van der Waals surface area contributed by atoms with E-state index < -0.39 is 0 Å². The second-order valence-electron chi connectivity index (χ2n) is 6.42. The van der Waals surface area contributed by atoms with Crippen LogP contribution in [0.2, 0.25) is 10.0 Å². The van der Waals surface area contributed by atoms with Crippen LogP contribution in [0, 0.1) is 0 Å². The van der Waals surface area contributed by atoms with Crippen LogP contribution >= 0.6 is 23.2 Å². The minimum Gasteiger partial charge on any atom is -0.489 e. The van der Waals surface area contributed by atoms with Crippen LogP contribution < -0.4 is 10.1 Å². The first-order valence-corrected chi connectivity index (χ1v) is 9.83. The van der Waals surface area contributed by atoms with Crippen LogP contribution in [-0.4, -0.2) is 10.9 Å². The zero-order valence-electron chi connectivity index (χ0n) is 15.6. The number of amides is 1. The quantitative estimate of drug-likeness (QED) is 0.374. The Morgan fingerprint density at radius 2 is 1.73 bits per heavy atom. The molecule has 0 spiro atoms. The van der Waals surface area contributed by atoms with Gasteiger partial charge in [0.05, 0.1) is 10.0 Å². The number of rotatable bonds is 6. The molecule has 0 aliphatic carbocycles. The lowest BCUT2D eigenvalue weighted by Gasteiger charge is -2.08. The lowest BCUT2D eigenvalue weighted by molar-refractivity contribution is 0.102. The van der Waals surface area contributed by atoms with Crippen molar-refractivity contribution in [1.29, 1.82) is 0 Å². The zero-order chi connectivity index (χ0) is 20.9. The van der Waals surface area contributed by atoms with Gasteiger partial charge >= 0.3 is 0 Å². The number of hydrogen-bond acceptors (Lipinski definition) is 4. The van der Waals surface area contributed by atoms with Gasteiger partial charge in [-0.3, -0.25) is 4.79 Å². The molecule has 30 heavy (non-hydrogen) atoms. The molecule has 1 heterocycles. The van der Waals surface area contributed by atoms with Crippen molar-refractivity contribution in [2.75, 3.05) is 5.32 Å². The van der Waals surface area contributed by atoms with E-state index in [4.69, 9.17) is 32.4 Å². The van der Waals surface area contributed by atoms with Gasteiger partial charge in [-0.05, 0) is 48.0 Å². The zero-order valence-corrected chi connectivity index (χ0v) is 17.2. The Labute approximate surface area is 183 Å². The predicted molar refractivity (Wildman–Crippen MR) is 117 cm³/mol. The number of nitrogens with one attached hydrogen (secondary N) is 1. The van der Waals surface area contributed by atoms with Gasteiger partial charge in [0, 0.05) is 11.3 Å². The number of carbonyl (C=O) groups excluding carboxylic acids is 1. The molecule has 150 valence electrons. The second-order valence-corrected chi connectivity index (χ2v) is 7.23. The molecule has 1 aromatic heterocycles. The summed E-state index contributed by atoms with van der Waals surface area (Å²) in [6.45, 7) is 0.475. The molecule has 0 aliphatic rings. The third kappa shape index (κ3) is 4.82. The summed E-state index contributed by atoms with van der Waals surface area (Å²) in [7, 11) is 0. The first kappa shape index (κ1) is 20.0. The largest absolute Gasteiger partial charge is 0.489 e. The van der Waals surface area contributed by atoms with E-state index in [1.807, 2.05) is 30.3 Å². The normalized spacial score (nSPS) is 10.6. The number of aromatic nitrogens is 1. The number of benzene rings is 3. The Bertz CT molecular complexity index is 1160. The molecule has 5 nitrogen and oxygen atoms in total. The van der Waals surface area contributed by atoms with E-state index in [1.54, 1.807) is 42.5 Å². The molecule has 1 N–H and O–H groups in total. The summed E-state index contributed by atoms with van der Waals surface area (Å²) in [6, 6.07) is 22.0. The molecule has 4 rings (SSSR count). The summed E-state index contributed by atoms with van der Waals surface area (Å²) in [5.74, 6) is 0.603. The molecular formula is C23H16Cl2N2O3. The van der Waals surface area contributed by atoms with Gasteiger partial charge < -0.3 is 14.5 Å². The lowest BCUT2D eigenvalue weighted by atomic mass is 10.2. The van der Waals surface area contributed by atoms with Crippen molar-refractivity contribution >= 4 is 34.8 Å². The summed E-state index contributed by atoms with van der Waals surface area (Å²) in [5, 5.41) is 3.59. The molecule has 1 amide bonds. The van der Waals surface area contributed by atoms with Crippen LogP contribution in [-0.2, 0) is 6.61 Å². The van der Waals surface area contributed by atoms with Gasteiger partial charge in [-0.15, -0.1) is 0 Å². The van der Waals surface area contributed by atoms with E-state index in [1.165, 1.54) is 6.26 Å². The summed E-state index contributed by atoms with van der Waals surface area (Å²) in [5.41, 5.74) is 2.48. The van der Waals surface area contributed by atoms with Crippen molar-refractivity contribution < 1.29 is 13.9 Å². The molecule has 0 atom stereocenters. The van der Waals surface area contributed by atoms with Crippen LogP contribution in [0.3, 0.4) is 0 Å². The SMILES string of the molecule is O=C(Nc1ccc(OCc2ccccc2)cc1)c1coc(-c2ccc(Cl)c(Cl)c2)n1. The van der Waals surface area contributed by atoms with E-state index in [9.17, 15) is 4.79 Å².